The van der Waals surface area contributed by atoms with Crippen LogP contribution in [0.3, 0.4) is 0 Å². The van der Waals surface area contributed by atoms with Crippen LogP contribution < -0.4 is 0 Å². The van der Waals surface area contributed by atoms with Crippen molar-refractivity contribution in [1.29, 1.82) is 0 Å². The molecular weight excluding hydrogens is 322 g/mol. The monoisotopic (exact) mass is 348 g/mol. The van der Waals surface area contributed by atoms with Crippen LogP contribution in [-0.4, -0.2) is 64.4 Å². The summed E-state index contributed by atoms with van der Waals surface area (Å²) >= 11 is 0. The van der Waals surface area contributed by atoms with Crippen LogP contribution in [0.5, 0.6) is 0 Å². The van der Waals surface area contributed by atoms with Gasteiger partial charge in [0.25, 0.3) is 0 Å². The molecule has 0 aliphatic carbocycles. The largest absolute Gasteiger partial charge is 0.517 e. The van der Waals surface area contributed by atoms with E-state index in [1.54, 1.807) is 11.1 Å². The zero-order chi connectivity index (χ0) is 18.2. The highest BCUT2D eigenvalue weighted by atomic mass is 16.6. The summed E-state index contributed by atoms with van der Waals surface area (Å²) in [4.78, 5) is 31.0. The Morgan fingerprint density at radius 3 is 2.84 bits per heavy atom. The quantitative estimate of drug-likeness (QED) is 0.768. The van der Waals surface area contributed by atoms with Crippen LogP contribution in [0.15, 0.2) is 24.4 Å². The summed E-state index contributed by atoms with van der Waals surface area (Å²) in [5, 5.41) is 0. The Balaban J connectivity index is 1.77. The summed E-state index contributed by atoms with van der Waals surface area (Å²) in [6, 6.07) is 5.54. The molecule has 2 aliphatic heterocycles. The molecule has 7 heteroatoms. The molecule has 0 spiro atoms. The number of carbonyl (C=O) groups is 2. The van der Waals surface area contributed by atoms with Crippen molar-refractivity contribution in [3.8, 4) is 0 Å². The molecule has 0 N–H and O–H groups in total. The van der Waals surface area contributed by atoms with Crippen molar-refractivity contribution in [2.24, 2.45) is 0 Å². The lowest BCUT2D eigenvalue weighted by Gasteiger charge is -2.38. The molecule has 3 rings (SSSR count). The van der Waals surface area contributed by atoms with E-state index in [-0.39, 0.29) is 28.8 Å². The van der Waals surface area contributed by atoms with E-state index in [4.69, 9.17) is 9.47 Å². The number of hydrogen-bond donors (Lipinski definition) is 0. The fraction of sp³-hybridized carbons (Fsp3) is 0.611. The molecule has 3 heterocycles. The minimum Gasteiger partial charge on any atom is -0.444 e. The molecule has 0 aromatic carbocycles. The molecule has 25 heavy (non-hydrogen) atoms. The lowest BCUT2D eigenvalue weighted by molar-refractivity contribution is -0.862. The summed E-state index contributed by atoms with van der Waals surface area (Å²) in [5.74, 6) is 0. The highest BCUT2D eigenvalue weighted by Crippen LogP contribution is 2.34. The van der Waals surface area contributed by atoms with Crippen molar-refractivity contribution >= 4 is 12.2 Å². The number of rotatable bonds is 2. The number of carbonyl (C=O) groups excluding carboxylic acids is 2. The van der Waals surface area contributed by atoms with Gasteiger partial charge in [0.1, 0.15) is 12.1 Å². The Labute approximate surface area is 148 Å². The first-order valence-corrected chi connectivity index (χ1v) is 8.63. The summed E-state index contributed by atoms with van der Waals surface area (Å²) in [5.41, 5.74) is 0.291. The maximum atomic E-state index is 12.6. The number of nitrogens with zero attached hydrogens (tertiary/aromatic N) is 3. The summed E-state index contributed by atoms with van der Waals surface area (Å²) < 4.78 is 11.2. The van der Waals surface area contributed by atoms with E-state index in [0.717, 1.165) is 5.69 Å². The van der Waals surface area contributed by atoms with Gasteiger partial charge in [-0.1, -0.05) is 6.07 Å². The van der Waals surface area contributed by atoms with Crippen LogP contribution in [0.25, 0.3) is 0 Å². The Morgan fingerprint density at radius 1 is 1.44 bits per heavy atom. The van der Waals surface area contributed by atoms with E-state index in [1.165, 1.54) is 0 Å². The lowest BCUT2D eigenvalue weighted by Crippen LogP contribution is -2.60. The van der Waals surface area contributed by atoms with Gasteiger partial charge in [0, 0.05) is 19.2 Å². The summed E-state index contributed by atoms with van der Waals surface area (Å²) in [6.45, 7) is 6.97. The first-order valence-electron chi connectivity index (χ1n) is 8.63. The number of ether oxygens (including phenoxy) is 2. The van der Waals surface area contributed by atoms with Crippen LogP contribution in [0.2, 0.25) is 0 Å². The third-order valence-corrected chi connectivity index (χ3v) is 4.79. The van der Waals surface area contributed by atoms with Gasteiger partial charge in [-0.2, -0.15) is 4.79 Å². The predicted molar refractivity (Wildman–Crippen MR) is 90.6 cm³/mol. The Bertz CT molecular complexity index is 658. The Morgan fingerprint density at radius 2 is 2.20 bits per heavy atom. The van der Waals surface area contributed by atoms with Gasteiger partial charge >= 0.3 is 12.2 Å². The molecule has 2 aliphatic rings. The van der Waals surface area contributed by atoms with Gasteiger partial charge in [-0.15, -0.1) is 0 Å². The van der Waals surface area contributed by atoms with Crippen molar-refractivity contribution in [2.45, 2.75) is 51.5 Å². The average molecular weight is 348 g/mol. The number of fused-ring (bicyclic) bond motifs is 1. The molecule has 3 unspecified atom stereocenters. The fourth-order valence-corrected chi connectivity index (χ4v) is 3.48. The van der Waals surface area contributed by atoms with Crippen LogP contribution in [0.4, 0.5) is 9.59 Å². The smallest absolute Gasteiger partial charge is 0.444 e. The number of amides is 2. The molecule has 1 aromatic heterocycles. The van der Waals surface area contributed by atoms with E-state index in [0.29, 0.717) is 26.1 Å². The molecule has 1 aromatic rings. The second-order valence-electron chi connectivity index (χ2n) is 7.95. The van der Waals surface area contributed by atoms with Crippen LogP contribution in [0.1, 0.15) is 32.9 Å². The normalized spacial score (nSPS) is 29.1. The predicted octanol–water partition coefficient (Wildman–Crippen LogP) is 2.56. The average Bonchev–Trinajstić information content (AvgIpc) is 2.77. The van der Waals surface area contributed by atoms with Crippen LogP contribution in [-0.2, 0) is 16.0 Å². The number of aromatic nitrogens is 1. The highest BCUT2D eigenvalue weighted by Gasteiger charge is 2.57. The zero-order valence-corrected chi connectivity index (χ0v) is 15.3. The van der Waals surface area contributed by atoms with Gasteiger partial charge in [0.05, 0.1) is 19.3 Å². The molecule has 0 bridgehead atoms. The first-order chi connectivity index (χ1) is 11.7. The van der Waals surface area contributed by atoms with Crippen LogP contribution >= 0.6 is 0 Å². The van der Waals surface area contributed by atoms with Gasteiger partial charge in [-0.05, 0) is 32.9 Å². The maximum absolute atomic E-state index is 12.6. The number of quaternary nitrogens is 1. The standard InChI is InChI=1S/C18H26N3O4/c1-18(2,3)25-16(22)20-10-8-15-14(11-20)21(4,17(23)24-15)12-13-7-5-6-9-19-13/h5-7,9,14-15H,8,10-12H2,1-4H3/q+1. The molecule has 2 fully saturated rings. The van der Waals surface area contributed by atoms with Gasteiger partial charge in [-0.3, -0.25) is 4.98 Å². The molecule has 136 valence electrons. The van der Waals surface area contributed by atoms with Gasteiger partial charge < -0.3 is 14.4 Å². The van der Waals surface area contributed by atoms with E-state index in [2.05, 4.69) is 4.98 Å². The van der Waals surface area contributed by atoms with E-state index in [9.17, 15) is 9.59 Å². The maximum Gasteiger partial charge on any atom is 0.517 e. The number of likely N-dealkylation sites (tertiary alicyclic amines) is 1. The molecule has 2 amide bonds. The van der Waals surface area contributed by atoms with Crippen molar-refractivity contribution in [1.82, 2.24) is 9.88 Å². The molecule has 0 saturated carbocycles. The lowest BCUT2D eigenvalue weighted by atomic mass is 10.00. The second-order valence-corrected chi connectivity index (χ2v) is 7.95. The number of hydrogen-bond acceptors (Lipinski definition) is 5. The van der Waals surface area contributed by atoms with Gasteiger partial charge in [0.15, 0.2) is 12.1 Å². The first kappa shape index (κ1) is 17.7. The minimum absolute atomic E-state index is 0.0982. The summed E-state index contributed by atoms with van der Waals surface area (Å²) in [7, 11) is 1.86. The molecule has 3 atom stereocenters. The SMILES string of the molecule is CC(C)(C)OC(=O)N1CCC2OC(=O)[N+](C)(Cc3ccccn3)C2C1. The molecule has 2 saturated heterocycles. The van der Waals surface area contributed by atoms with Crippen molar-refractivity contribution < 1.29 is 23.5 Å². The van der Waals surface area contributed by atoms with Gasteiger partial charge in [-0.25, -0.2) is 9.28 Å². The van der Waals surface area contributed by atoms with Crippen molar-refractivity contribution in [2.75, 3.05) is 20.1 Å². The summed E-state index contributed by atoms with van der Waals surface area (Å²) in [6.07, 6.45) is 1.58. The van der Waals surface area contributed by atoms with Crippen molar-refractivity contribution in [3.05, 3.63) is 30.1 Å². The van der Waals surface area contributed by atoms with E-state index >= 15 is 0 Å². The number of piperidine rings is 1. The third kappa shape index (κ3) is 3.61. The Hall–Kier alpha value is -2.15. The minimum atomic E-state index is -0.540. The van der Waals surface area contributed by atoms with Crippen LogP contribution in [0, 0.1) is 0 Å². The second kappa shape index (κ2) is 6.29. The highest BCUT2D eigenvalue weighted by molar-refractivity contribution is 5.69. The van der Waals surface area contributed by atoms with E-state index < -0.39 is 5.60 Å². The fourth-order valence-electron chi connectivity index (χ4n) is 3.48. The Kier molecular flexibility index (Phi) is 4.45. The molecular formula is C18H26N3O4+. The molecule has 0 radical (unpaired) electrons. The van der Waals surface area contributed by atoms with Crippen molar-refractivity contribution in [3.63, 3.8) is 0 Å². The number of likely N-dealkylation sites (N-methyl/N-ethyl adjacent to an activating group) is 1. The van der Waals surface area contributed by atoms with E-state index in [1.807, 2.05) is 46.0 Å². The van der Waals surface area contributed by atoms with Gasteiger partial charge in [0.2, 0.25) is 0 Å². The third-order valence-electron chi connectivity index (χ3n) is 4.79. The number of pyridine rings is 1. The zero-order valence-electron chi connectivity index (χ0n) is 15.3. The topological polar surface area (TPSA) is 68.7 Å². The molecule has 7 nitrogen and oxygen atoms in total.